The lowest BCUT2D eigenvalue weighted by Gasteiger charge is -2.07. The first-order valence-electron chi connectivity index (χ1n) is 4.37. The summed E-state index contributed by atoms with van der Waals surface area (Å²) in [6, 6.07) is 0. The molecule has 0 bridgehead atoms. The van der Waals surface area contributed by atoms with Gasteiger partial charge in [-0.2, -0.15) is 0 Å². The average Bonchev–Trinajstić information content (AvgIpc) is 2.32. The minimum absolute atomic E-state index is 0.0390. The third-order valence-corrected chi connectivity index (χ3v) is 2.29. The van der Waals surface area contributed by atoms with Crippen molar-refractivity contribution in [2.24, 2.45) is 14.1 Å². The molecule has 0 aliphatic heterocycles. The fraction of sp³-hybridized carbons (Fsp3) is 0.556. The minimum atomic E-state index is -0.853. The number of aryl methyl sites for hydroxylation is 1. The van der Waals surface area contributed by atoms with Crippen LogP contribution in [0, 0.1) is 0 Å². The Morgan fingerprint density at radius 3 is 2.50 bits per heavy atom. The van der Waals surface area contributed by atoms with Gasteiger partial charge in [-0.05, 0) is 0 Å². The summed E-state index contributed by atoms with van der Waals surface area (Å²) in [5.74, 6) is -1.000. The molecule has 1 atom stereocenters. The summed E-state index contributed by atoms with van der Waals surface area (Å²) in [7, 11) is 3.30. The fourth-order valence-corrected chi connectivity index (χ4v) is 1.51. The molecule has 0 fully saturated rings. The number of imidazole rings is 1. The summed E-state index contributed by atoms with van der Waals surface area (Å²) in [4.78, 5) is 21.8. The molecule has 5 heteroatoms. The zero-order chi connectivity index (χ0) is 10.9. The Morgan fingerprint density at radius 1 is 1.57 bits per heavy atom. The van der Waals surface area contributed by atoms with Crippen molar-refractivity contribution in [2.75, 3.05) is 0 Å². The van der Waals surface area contributed by atoms with E-state index in [1.54, 1.807) is 27.2 Å². The lowest BCUT2D eigenvalue weighted by atomic mass is 10.1. The van der Waals surface area contributed by atoms with Crippen molar-refractivity contribution in [1.82, 2.24) is 9.13 Å². The molecule has 0 aromatic carbocycles. The van der Waals surface area contributed by atoms with E-state index in [1.165, 1.54) is 9.13 Å². The van der Waals surface area contributed by atoms with Crippen LogP contribution in [0.15, 0.2) is 11.0 Å². The lowest BCUT2D eigenvalue weighted by Crippen LogP contribution is -2.21. The Hall–Kier alpha value is -1.52. The van der Waals surface area contributed by atoms with Gasteiger partial charge in [0.15, 0.2) is 0 Å². The van der Waals surface area contributed by atoms with E-state index in [-0.39, 0.29) is 18.0 Å². The fourth-order valence-electron chi connectivity index (χ4n) is 1.51. The molecule has 1 aromatic heterocycles. The molecule has 0 saturated heterocycles. The number of aliphatic carboxylic acids is 1. The van der Waals surface area contributed by atoms with Gasteiger partial charge in [0.1, 0.15) is 0 Å². The molecule has 0 spiro atoms. The van der Waals surface area contributed by atoms with Crippen LogP contribution in [-0.2, 0) is 18.9 Å². The lowest BCUT2D eigenvalue weighted by molar-refractivity contribution is -0.137. The summed E-state index contributed by atoms with van der Waals surface area (Å²) in [5.41, 5.74) is 0.622. The summed E-state index contributed by atoms with van der Waals surface area (Å²) in [6.07, 6.45) is 1.72. The van der Waals surface area contributed by atoms with Gasteiger partial charge in [0.05, 0.1) is 6.42 Å². The van der Waals surface area contributed by atoms with Crippen LogP contribution in [0.5, 0.6) is 0 Å². The molecule has 1 N–H and O–H groups in total. The smallest absolute Gasteiger partial charge is 0.327 e. The maximum Gasteiger partial charge on any atom is 0.327 e. The van der Waals surface area contributed by atoms with Crippen molar-refractivity contribution < 1.29 is 9.90 Å². The van der Waals surface area contributed by atoms with E-state index in [0.29, 0.717) is 0 Å². The highest BCUT2D eigenvalue weighted by Crippen LogP contribution is 2.16. The van der Waals surface area contributed by atoms with Gasteiger partial charge in [-0.1, -0.05) is 6.92 Å². The maximum absolute atomic E-state index is 11.4. The SMILES string of the molecule is CC(CC(=O)O)c1cn(C)c(=O)n1C. The zero-order valence-corrected chi connectivity index (χ0v) is 8.52. The number of rotatable bonds is 3. The molecule has 5 nitrogen and oxygen atoms in total. The maximum atomic E-state index is 11.4. The quantitative estimate of drug-likeness (QED) is 0.759. The Morgan fingerprint density at radius 2 is 2.14 bits per heavy atom. The third kappa shape index (κ3) is 1.86. The number of carboxylic acids is 1. The summed E-state index contributed by atoms with van der Waals surface area (Å²) >= 11 is 0. The van der Waals surface area contributed by atoms with Crippen molar-refractivity contribution in [3.63, 3.8) is 0 Å². The first kappa shape index (κ1) is 10.6. The number of carboxylic acid groups (broad SMARTS) is 1. The van der Waals surface area contributed by atoms with Crippen LogP contribution in [0.1, 0.15) is 25.0 Å². The second kappa shape index (κ2) is 3.69. The van der Waals surface area contributed by atoms with Crippen molar-refractivity contribution in [1.29, 1.82) is 0 Å². The Labute approximate surface area is 81.6 Å². The predicted octanol–water partition coefficient (Wildman–Crippen LogP) is 0.302. The molecule has 1 unspecified atom stereocenters. The molecular weight excluding hydrogens is 184 g/mol. The highest BCUT2D eigenvalue weighted by molar-refractivity contribution is 5.67. The number of hydrogen-bond donors (Lipinski definition) is 1. The van der Waals surface area contributed by atoms with E-state index in [9.17, 15) is 9.59 Å². The predicted molar refractivity (Wildman–Crippen MR) is 51.3 cm³/mol. The van der Waals surface area contributed by atoms with Crippen molar-refractivity contribution in [3.05, 3.63) is 22.4 Å². The topological polar surface area (TPSA) is 64.2 Å². The number of carbonyl (C=O) groups is 1. The van der Waals surface area contributed by atoms with E-state index in [1.807, 2.05) is 0 Å². The van der Waals surface area contributed by atoms with Crippen LogP contribution >= 0.6 is 0 Å². The second-order valence-electron chi connectivity index (χ2n) is 3.51. The number of aromatic nitrogens is 2. The molecule has 14 heavy (non-hydrogen) atoms. The van der Waals surface area contributed by atoms with Gasteiger partial charge >= 0.3 is 11.7 Å². The molecule has 1 aromatic rings. The summed E-state index contributed by atoms with van der Waals surface area (Å²) < 4.78 is 2.93. The largest absolute Gasteiger partial charge is 0.481 e. The van der Waals surface area contributed by atoms with Crippen LogP contribution in [0.4, 0.5) is 0 Å². The van der Waals surface area contributed by atoms with Gasteiger partial charge in [0, 0.05) is 31.9 Å². The second-order valence-corrected chi connectivity index (χ2v) is 3.51. The molecule has 0 aliphatic rings. The first-order valence-corrected chi connectivity index (χ1v) is 4.37. The van der Waals surface area contributed by atoms with Crippen LogP contribution in [0.3, 0.4) is 0 Å². The third-order valence-electron chi connectivity index (χ3n) is 2.29. The first-order chi connectivity index (χ1) is 6.43. The van der Waals surface area contributed by atoms with Gasteiger partial charge < -0.3 is 9.67 Å². The Bertz CT molecular complexity index is 403. The van der Waals surface area contributed by atoms with E-state index in [0.717, 1.165) is 5.69 Å². The van der Waals surface area contributed by atoms with Gasteiger partial charge in [0.2, 0.25) is 0 Å². The molecule has 78 valence electrons. The van der Waals surface area contributed by atoms with E-state index < -0.39 is 5.97 Å². The van der Waals surface area contributed by atoms with Crippen molar-refractivity contribution >= 4 is 5.97 Å². The van der Waals surface area contributed by atoms with Crippen LogP contribution in [-0.4, -0.2) is 20.2 Å². The van der Waals surface area contributed by atoms with E-state index >= 15 is 0 Å². The van der Waals surface area contributed by atoms with E-state index in [4.69, 9.17) is 5.11 Å². The Balaban J connectivity index is 3.01. The molecule has 0 saturated carbocycles. The van der Waals surface area contributed by atoms with Gasteiger partial charge in [-0.15, -0.1) is 0 Å². The normalized spacial score (nSPS) is 12.8. The van der Waals surface area contributed by atoms with Crippen LogP contribution in [0.25, 0.3) is 0 Å². The minimum Gasteiger partial charge on any atom is -0.481 e. The van der Waals surface area contributed by atoms with Crippen molar-refractivity contribution in [2.45, 2.75) is 19.3 Å². The summed E-state index contributed by atoms with van der Waals surface area (Å²) in [6.45, 7) is 1.79. The van der Waals surface area contributed by atoms with Crippen molar-refractivity contribution in [3.8, 4) is 0 Å². The molecule has 0 amide bonds. The summed E-state index contributed by atoms with van der Waals surface area (Å²) in [5, 5.41) is 8.62. The number of nitrogens with zero attached hydrogens (tertiary/aromatic N) is 2. The zero-order valence-electron chi connectivity index (χ0n) is 8.52. The highest BCUT2D eigenvalue weighted by atomic mass is 16.4. The standard InChI is InChI=1S/C9H14N2O3/c1-6(4-8(12)13)7-5-10(2)9(14)11(7)3/h5-6H,4H2,1-3H3,(H,12,13). The molecule has 0 aliphatic carbocycles. The average molecular weight is 198 g/mol. The molecule has 1 heterocycles. The van der Waals surface area contributed by atoms with Gasteiger partial charge in [0.25, 0.3) is 0 Å². The highest BCUT2D eigenvalue weighted by Gasteiger charge is 2.15. The Kier molecular flexibility index (Phi) is 2.78. The number of hydrogen-bond acceptors (Lipinski definition) is 2. The van der Waals surface area contributed by atoms with Gasteiger partial charge in [-0.3, -0.25) is 9.36 Å². The van der Waals surface area contributed by atoms with Gasteiger partial charge in [-0.25, -0.2) is 4.79 Å². The van der Waals surface area contributed by atoms with E-state index in [2.05, 4.69) is 0 Å². The molecule has 1 rings (SSSR count). The monoisotopic (exact) mass is 198 g/mol. The van der Waals surface area contributed by atoms with Crippen LogP contribution < -0.4 is 5.69 Å². The molecule has 0 radical (unpaired) electrons. The van der Waals surface area contributed by atoms with Crippen LogP contribution in [0.2, 0.25) is 0 Å². The molecular formula is C9H14N2O3.